The second kappa shape index (κ2) is 8.92. The summed E-state index contributed by atoms with van der Waals surface area (Å²) < 4.78 is 0. The molecule has 1 atom stereocenters. The first-order chi connectivity index (χ1) is 14.0. The lowest BCUT2D eigenvalue weighted by Gasteiger charge is -2.41. The number of carbonyl (C=O) groups excluding carboxylic acids is 1. The van der Waals surface area contributed by atoms with Gasteiger partial charge in [-0.25, -0.2) is 4.98 Å². The number of aromatic amines is 1. The number of likely N-dealkylation sites (N-methyl/N-ethyl adjacent to an activating group) is 1. The van der Waals surface area contributed by atoms with Crippen molar-refractivity contribution in [3.05, 3.63) is 23.0 Å². The smallest absolute Gasteiger partial charge is 0.287 e. The van der Waals surface area contributed by atoms with Crippen molar-refractivity contribution in [1.82, 2.24) is 20.2 Å². The molecule has 7 heteroatoms. The molecule has 2 fully saturated rings. The van der Waals surface area contributed by atoms with Crippen LogP contribution in [0.1, 0.15) is 56.6 Å². The number of benzene rings is 1. The molecular weight excluding hydrogens is 386 g/mol. The Morgan fingerprint density at radius 2 is 2.07 bits per heavy atom. The number of nitrogens with zero attached hydrogens (tertiary/aromatic N) is 3. The van der Waals surface area contributed by atoms with Crippen molar-refractivity contribution in [2.75, 3.05) is 37.6 Å². The number of fused-ring (bicyclic) bond motifs is 1. The van der Waals surface area contributed by atoms with Crippen molar-refractivity contribution in [3.63, 3.8) is 0 Å². The van der Waals surface area contributed by atoms with E-state index in [0.29, 0.717) is 22.8 Å². The number of piperazine rings is 1. The van der Waals surface area contributed by atoms with Crippen LogP contribution in [-0.2, 0) is 0 Å². The Morgan fingerprint density at radius 1 is 1.28 bits per heavy atom. The van der Waals surface area contributed by atoms with Crippen LogP contribution in [0.25, 0.3) is 11.0 Å². The van der Waals surface area contributed by atoms with Gasteiger partial charge in [-0.2, -0.15) is 0 Å². The fourth-order valence-electron chi connectivity index (χ4n) is 4.74. The van der Waals surface area contributed by atoms with E-state index in [1.807, 2.05) is 12.1 Å². The SMILES string of the molecule is CCN1CCN(c2cc3nc(C(=O)NCC4CCCCC4)[nH]c3cc2Cl)C(C)C1. The maximum atomic E-state index is 12.6. The first-order valence-corrected chi connectivity index (χ1v) is 11.4. The van der Waals surface area contributed by atoms with Gasteiger partial charge in [0.1, 0.15) is 0 Å². The van der Waals surface area contributed by atoms with Gasteiger partial charge < -0.3 is 15.2 Å². The molecule has 1 unspecified atom stereocenters. The summed E-state index contributed by atoms with van der Waals surface area (Å²) in [6.45, 7) is 9.25. The molecule has 0 bridgehead atoms. The Bertz CT molecular complexity index is 860. The number of nitrogens with one attached hydrogen (secondary N) is 2. The number of halogens is 1. The standard InChI is InChI=1S/C22H32ClN5O/c1-3-27-9-10-28(15(2)14-27)20-12-19-18(11-17(20)23)25-21(26-19)22(29)24-13-16-7-5-4-6-8-16/h11-12,15-16H,3-10,13-14H2,1-2H3,(H,24,29)(H,25,26). The maximum Gasteiger partial charge on any atom is 0.287 e. The van der Waals surface area contributed by atoms with Gasteiger partial charge in [-0.05, 0) is 44.4 Å². The molecule has 1 aliphatic carbocycles. The molecule has 1 saturated heterocycles. The van der Waals surface area contributed by atoms with Crippen LogP contribution in [0.5, 0.6) is 0 Å². The fraction of sp³-hybridized carbons (Fsp3) is 0.636. The number of carbonyl (C=O) groups is 1. The number of hydrogen-bond acceptors (Lipinski definition) is 4. The van der Waals surface area contributed by atoms with Crippen molar-refractivity contribution in [1.29, 1.82) is 0 Å². The first-order valence-electron chi connectivity index (χ1n) is 11.0. The molecule has 29 heavy (non-hydrogen) atoms. The third-order valence-corrected chi connectivity index (χ3v) is 6.81. The molecule has 1 saturated carbocycles. The summed E-state index contributed by atoms with van der Waals surface area (Å²) in [6, 6.07) is 4.30. The van der Waals surface area contributed by atoms with E-state index in [2.05, 4.69) is 38.9 Å². The van der Waals surface area contributed by atoms with E-state index in [-0.39, 0.29) is 5.91 Å². The number of H-pyrrole nitrogens is 1. The summed E-state index contributed by atoms with van der Waals surface area (Å²) in [5, 5.41) is 3.76. The maximum absolute atomic E-state index is 12.6. The van der Waals surface area contributed by atoms with E-state index >= 15 is 0 Å². The van der Waals surface area contributed by atoms with Crippen LogP contribution in [0.4, 0.5) is 5.69 Å². The van der Waals surface area contributed by atoms with E-state index in [9.17, 15) is 4.79 Å². The minimum absolute atomic E-state index is 0.130. The highest BCUT2D eigenvalue weighted by Gasteiger charge is 2.25. The molecule has 1 aliphatic heterocycles. The lowest BCUT2D eigenvalue weighted by Crippen LogP contribution is -2.51. The van der Waals surface area contributed by atoms with Gasteiger partial charge in [-0.15, -0.1) is 0 Å². The van der Waals surface area contributed by atoms with Gasteiger partial charge in [0.25, 0.3) is 5.91 Å². The van der Waals surface area contributed by atoms with Gasteiger partial charge in [-0.3, -0.25) is 9.69 Å². The van der Waals surface area contributed by atoms with Crippen LogP contribution in [0.15, 0.2) is 12.1 Å². The van der Waals surface area contributed by atoms with E-state index in [0.717, 1.165) is 49.4 Å². The van der Waals surface area contributed by atoms with E-state index in [4.69, 9.17) is 11.6 Å². The molecule has 2 heterocycles. The van der Waals surface area contributed by atoms with E-state index in [1.165, 1.54) is 32.1 Å². The Morgan fingerprint density at radius 3 is 2.79 bits per heavy atom. The van der Waals surface area contributed by atoms with E-state index < -0.39 is 0 Å². The Balaban J connectivity index is 1.48. The second-order valence-electron chi connectivity index (χ2n) is 8.56. The Kier molecular flexibility index (Phi) is 6.30. The minimum atomic E-state index is -0.130. The summed E-state index contributed by atoms with van der Waals surface area (Å²) in [6.07, 6.45) is 6.30. The molecule has 1 aromatic carbocycles. The molecule has 6 nitrogen and oxygen atoms in total. The van der Waals surface area contributed by atoms with Gasteiger partial charge >= 0.3 is 0 Å². The zero-order valence-electron chi connectivity index (χ0n) is 17.5. The van der Waals surface area contributed by atoms with Gasteiger partial charge in [-0.1, -0.05) is 37.8 Å². The highest BCUT2D eigenvalue weighted by molar-refractivity contribution is 6.34. The summed E-state index contributed by atoms with van der Waals surface area (Å²) in [4.78, 5) is 25.1. The van der Waals surface area contributed by atoms with Crippen LogP contribution in [0, 0.1) is 5.92 Å². The highest BCUT2D eigenvalue weighted by atomic mass is 35.5. The largest absolute Gasteiger partial charge is 0.365 e. The monoisotopic (exact) mass is 417 g/mol. The van der Waals surface area contributed by atoms with Crippen molar-refractivity contribution >= 4 is 34.2 Å². The van der Waals surface area contributed by atoms with Crippen LogP contribution < -0.4 is 10.2 Å². The second-order valence-corrected chi connectivity index (χ2v) is 8.96. The zero-order valence-corrected chi connectivity index (χ0v) is 18.3. The highest BCUT2D eigenvalue weighted by Crippen LogP contribution is 2.32. The molecule has 4 rings (SSSR count). The number of aromatic nitrogens is 2. The number of anilines is 1. The summed E-state index contributed by atoms with van der Waals surface area (Å²) in [5.74, 6) is 0.837. The van der Waals surface area contributed by atoms with Crippen LogP contribution in [0.3, 0.4) is 0 Å². The van der Waals surface area contributed by atoms with Crippen LogP contribution in [-0.4, -0.2) is 59.5 Å². The van der Waals surface area contributed by atoms with Crippen LogP contribution >= 0.6 is 11.6 Å². The number of hydrogen-bond donors (Lipinski definition) is 2. The quantitative estimate of drug-likeness (QED) is 0.770. The predicted molar refractivity (Wildman–Crippen MR) is 119 cm³/mol. The van der Waals surface area contributed by atoms with Crippen molar-refractivity contribution in [2.45, 2.75) is 52.0 Å². The first kappa shape index (κ1) is 20.5. The molecule has 2 N–H and O–H groups in total. The number of imidazole rings is 1. The molecule has 1 amide bonds. The Labute approximate surface area is 178 Å². The molecule has 158 valence electrons. The zero-order chi connectivity index (χ0) is 20.4. The summed E-state index contributed by atoms with van der Waals surface area (Å²) in [5.41, 5.74) is 2.60. The fourth-order valence-corrected chi connectivity index (χ4v) is 5.01. The van der Waals surface area contributed by atoms with Crippen LogP contribution in [0.2, 0.25) is 5.02 Å². The Hall–Kier alpha value is -1.79. The number of amides is 1. The van der Waals surface area contributed by atoms with Gasteiger partial charge in [0.05, 0.1) is 21.7 Å². The molecule has 0 radical (unpaired) electrons. The molecule has 2 aliphatic rings. The molecule has 0 spiro atoms. The lowest BCUT2D eigenvalue weighted by molar-refractivity contribution is 0.0934. The molecule has 2 aromatic rings. The van der Waals surface area contributed by atoms with Gasteiger partial charge in [0.2, 0.25) is 0 Å². The normalized spacial score (nSPS) is 21.6. The number of rotatable bonds is 5. The van der Waals surface area contributed by atoms with Gasteiger partial charge in [0, 0.05) is 32.2 Å². The molecule has 1 aromatic heterocycles. The summed E-state index contributed by atoms with van der Waals surface area (Å²) >= 11 is 6.62. The average molecular weight is 418 g/mol. The van der Waals surface area contributed by atoms with E-state index in [1.54, 1.807) is 0 Å². The summed E-state index contributed by atoms with van der Waals surface area (Å²) in [7, 11) is 0. The van der Waals surface area contributed by atoms with Crippen molar-refractivity contribution < 1.29 is 4.79 Å². The topological polar surface area (TPSA) is 64.3 Å². The molecular formula is C22H32ClN5O. The average Bonchev–Trinajstić information content (AvgIpc) is 3.15. The van der Waals surface area contributed by atoms with Gasteiger partial charge in [0.15, 0.2) is 5.82 Å². The van der Waals surface area contributed by atoms with Crippen molar-refractivity contribution in [3.8, 4) is 0 Å². The lowest BCUT2D eigenvalue weighted by atomic mass is 9.89. The minimum Gasteiger partial charge on any atom is -0.365 e. The van der Waals surface area contributed by atoms with Crippen molar-refractivity contribution in [2.24, 2.45) is 5.92 Å². The third kappa shape index (κ3) is 4.53. The third-order valence-electron chi connectivity index (χ3n) is 6.51. The predicted octanol–water partition coefficient (Wildman–Crippen LogP) is 4.06.